The molecule has 2 heterocycles. The Labute approximate surface area is 161 Å². The second kappa shape index (κ2) is 7.17. The first-order valence-electron chi connectivity index (χ1n) is 8.91. The lowest BCUT2D eigenvalue weighted by molar-refractivity contribution is -0.0498. The largest absolute Gasteiger partial charge is 0.485 e. The van der Waals surface area contributed by atoms with E-state index in [9.17, 15) is 13.9 Å². The van der Waals surface area contributed by atoms with E-state index in [1.165, 1.54) is 0 Å². The summed E-state index contributed by atoms with van der Waals surface area (Å²) in [6.07, 6.45) is 1.42. The van der Waals surface area contributed by atoms with E-state index in [1.54, 1.807) is 30.3 Å². The number of piperidine rings is 1. The van der Waals surface area contributed by atoms with Gasteiger partial charge in [0.25, 0.3) is 0 Å². The Morgan fingerprint density at radius 1 is 1.15 bits per heavy atom. The Hall–Kier alpha value is -2.05. The van der Waals surface area contributed by atoms with Gasteiger partial charge in [-0.15, -0.1) is 0 Å². The molecular weight excluding hydrogens is 376 g/mol. The van der Waals surface area contributed by atoms with Crippen LogP contribution < -0.4 is 14.4 Å². The monoisotopic (exact) mass is 395 g/mol. The molecule has 2 aliphatic heterocycles. The van der Waals surface area contributed by atoms with Crippen molar-refractivity contribution < 1.29 is 23.4 Å². The summed E-state index contributed by atoms with van der Waals surface area (Å²) in [5.74, 6) is 0.729. The summed E-state index contributed by atoms with van der Waals surface area (Å²) in [6.45, 7) is -1.35. The van der Waals surface area contributed by atoms with Gasteiger partial charge in [-0.1, -0.05) is 23.7 Å². The summed E-state index contributed by atoms with van der Waals surface area (Å²) in [5.41, 5.74) is 1.25. The zero-order valence-electron chi connectivity index (χ0n) is 14.6. The van der Waals surface area contributed by atoms with Crippen molar-refractivity contribution in [1.29, 1.82) is 0 Å². The van der Waals surface area contributed by atoms with E-state index in [-0.39, 0.29) is 5.75 Å². The summed E-state index contributed by atoms with van der Waals surface area (Å²) >= 11 is 6.27. The maximum atomic E-state index is 12.3. The van der Waals surface area contributed by atoms with Crippen molar-refractivity contribution in [2.75, 3.05) is 18.0 Å². The first kappa shape index (κ1) is 18.3. The molecule has 1 atom stereocenters. The normalized spacial score (nSPS) is 21.1. The average molecular weight is 396 g/mol. The maximum Gasteiger partial charge on any atom is 0.387 e. The molecule has 0 amide bonds. The highest BCUT2D eigenvalue weighted by Gasteiger charge is 2.43. The second-order valence-corrected chi connectivity index (χ2v) is 7.43. The molecular formula is C20H20ClF2NO3. The van der Waals surface area contributed by atoms with Crippen molar-refractivity contribution in [3.05, 3.63) is 53.1 Å². The molecule has 0 radical (unpaired) electrons. The zero-order valence-corrected chi connectivity index (χ0v) is 15.3. The number of aliphatic hydroxyl groups excluding tert-OH is 1. The molecule has 144 valence electrons. The minimum atomic E-state index is -2.82. The number of benzene rings is 2. The van der Waals surface area contributed by atoms with Crippen LogP contribution >= 0.6 is 11.6 Å². The SMILES string of the molecule is OC1CC2(CCN(c3ccc(OC(F)F)cc3)CC2)Oc2c(Cl)cccc21. The number of ether oxygens (including phenoxy) is 2. The molecule has 1 fully saturated rings. The van der Waals surface area contributed by atoms with Crippen molar-refractivity contribution in [2.45, 2.75) is 37.6 Å². The molecule has 0 saturated carbocycles. The molecule has 1 saturated heterocycles. The van der Waals surface area contributed by atoms with Gasteiger partial charge in [-0.3, -0.25) is 0 Å². The number of halogens is 3. The van der Waals surface area contributed by atoms with Gasteiger partial charge in [0.1, 0.15) is 17.1 Å². The molecule has 2 aliphatic rings. The maximum absolute atomic E-state index is 12.3. The standard InChI is InChI=1S/C20H20ClF2NO3/c21-16-3-1-2-15-17(25)12-20(27-18(15)16)8-10-24(11-9-20)13-4-6-14(7-5-13)26-19(22)23/h1-7,17,19,25H,8-12H2. The van der Waals surface area contributed by atoms with Crippen molar-refractivity contribution >= 4 is 17.3 Å². The van der Waals surface area contributed by atoms with Gasteiger partial charge in [0, 0.05) is 43.6 Å². The zero-order chi connectivity index (χ0) is 19.0. The van der Waals surface area contributed by atoms with E-state index >= 15 is 0 Å². The van der Waals surface area contributed by atoms with Gasteiger partial charge in [-0.05, 0) is 30.3 Å². The fraction of sp³-hybridized carbons (Fsp3) is 0.400. The van der Waals surface area contributed by atoms with Crippen LogP contribution in [0.1, 0.15) is 30.9 Å². The lowest BCUT2D eigenvalue weighted by Crippen LogP contribution is -2.50. The van der Waals surface area contributed by atoms with Crippen LogP contribution in [0.15, 0.2) is 42.5 Å². The lowest BCUT2D eigenvalue weighted by Gasteiger charge is -2.46. The number of rotatable bonds is 3. The Morgan fingerprint density at radius 3 is 2.52 bits per heavy atom. The average Bonchev–Trinajstić information content (AvgIpc) is 2.64. The van der Waals surface area contributed by atoms with Gasteiger partial charge in [-0.25, -0.2) is 0 Å². The van der Waals surface area contributed by atoms with Gasteiger partial charge in [0.2, 0.25) is 0 Å². The van der Waals surface area contributed by atoms with E-state index in [2.05, 4.69) is 9.64 Å². The van der Waals surface area contributed by atoms with Crippen LogP contribution in [0.5, 0.6) is 11.5 Å². The molecule has 27 heavy (non-hydrogen) atoms. The Kier molecular flexibility index (Phi) is 4.86. The van der Waals surface area contributed by atoms with E-state index in [0.717, 1.165) is 37.2 Å². The number of fused-ring (bicyclic) bond motifs is 1. The quantitative estimate of drug-likeness (QED) is 0.810. The number of anilines is 1. The molecule has 1 spiro atoms. The molecule has 2 aromatic carbocycles. The van der Waals surface area contributed by atoms with Gasteiger partial charge in [-0.2, -0.15) is 8.78 Å². The molecule has 4 rings (SSSR count). The first-order chi connectivity index (χ1) is 13.0. The number of hydrogen-bond donors (Lipinski definition) is 1. The highest BCUT2D eigenvalue weighted by Crippen LogP contribution is 2.47. The molecule has 7 heteroatoms. The fourth-order valence-corrected chi connectivity index (χ4v) is 4.15. The van der Waals surface area contributed by atoms with Crippen LogP contribution in [-0.4, -0.2) is 30.4 Å². The van der Waals surface area contributed by atoms with Crippen molar-refractivity contribution in [2.24, 2.45) is 0 Å². The molecule has 4 nitrogen and oxygen atoms in total. The minimum absolute atomic E-state index is 0.146. The summed E-state index contributed by atoms with van der Waals surface area (Å²) in [4.78, 5) is 2.18. The Morgan fingerprint density at radius 2 is 1.85 bits per heavy atom. The summed E-state index contributed by atoms with van der Waals surface area (Å²) < 4.78 is 35.2. The third-order valence-electron chi connectivity index (χ3n) is 5.34. The first-order valence-corrected chi connectivity index (χ1v) is 9.29. The second-order valence-electron chi connectivity index (χ2n) is 7.02. The fourth-order valence-electron chi connectivity index (χ4n) is 3.93. The molecule has 0 aromatic heterocycles. The molecule has 1 unspecified atom stereocenters. The van der Waals surface area contributed by atoms with Crippen molar-refractivity contribution in [1.82, 2.24) is 0 Å². The van der Waals surface area contributed by atoms with Crippen molar-refractivity contribution in [3.8, 4) is 11.5 Å². The molecule has 2 aromatic rings. The summed E-state index contributed by atoms with van der Waals surface area (Å²) in [5, 5.41) is 11.1. The highest BCUT2D eigenvalue weighted by molar-refractivity contribution is 6.32. The van der Waals surface area contributed by atoms with Crippen LogP contribution in [0, 0.1) is 0 Å². The van der Waals surface area contributed by atoms with Gasteiger partial charge < -0.3 is 19.5 Å². The Bertz CT molecular complexity index is 807. The molecule has 0 bridgehead atoms. The van der Waals surface area contributed by atoms with E-state index < -0.39 is 18.3 Å². The number of aliphatic hydroxyl groups is 1. The number of alkyl halides is 2. The van der Waals surface area contributed by atoms with Crippen LogP contribution in [0.4, 0.5) is 14.5 Å². The number of para-hydroxylation sites is 1. The summed E-state index contributed by atoms with van der Waals surface area (Å²) in [7, 11) is 0. The van der Waals surface area contributed by atoms with Crippen LogP contribution in [0.3, 0.4) is 0 Å². The lowest BCUT2D eigenvalue weighted by atomic mass is 9.81. The third kappa shape index (κ3) is 3.69. The minimum Gasteiger partial charge on any atom is -0.485 e. The predicted octanol–water partition coefficient (Wildman–Crippen LogP) is 4.80. The van der Waals surface area contributed by atoms with E-state index in [1.807, 2.05) is 12.1 Å². The van der Waals surface area contributed by atoms with E-state index in [4.69, 9.17) is 16.3 Å². The summed E-state index contributed by atoms with van der Waals surface area (Å²) in [6, 6.07) is 12.1. The molecule has 1 N–H and O–H groups in total. The van der Waals surface area contributed by atoms with Crippen molar-refractivity contribution in [3.63, 3.8) is 0 Å². The van der Waals surface area contributed by atoms with Crippen LogP contribution in [0.2, 0.25) is 5.02 Å². The van der Waals surface area contributed by atoms with Crippen LogP contribution in [0.25, 0.3) is 0 Å². The third-order valence-corrected chi connectivity index (χ3v) is 5.64. The highest BCUT2D eigenvalue weighted by atomic mass is 35.5. The van der Waals surface area contributed by atoms with E-state index in [0.29, 0.717) is 17.2 Å². The Balaban J connectivity index is 1.45. The molecule has 0 aliphatic carbocycles. The predicted molar refractivity (Wildman–Crippen MR) is 98.9 cm³/mol. The smallest absolute Gasteiger partial charge is 0.387 e. The number of hydrogen-bond acceptors (Lipinski definition) is 4. The van der Waals surface area contributed by atoms with Gasteiger partial charge in [0.15, 0.2) is 0 Å². The number of nitrogens with zero attached hydrogens (tertiary/aromatic N) is 1. The van der Waals surface area contributed by atoms with Crippen LogP contribution in [-0.2, 0) is 0 Å². The van der Waals surface area contributed by atoms with Gasteiger partial charge >= 0.3 is 6.61 Å². The van der Waals surface area contributed by atoms with Gasteiger partial charge in [0.05, 0.1) is 11.1 Å². The topological polar surface area (TPSA) is 41.9 Å².